The van der Waals surface area contributed by atoms with Gasteiger partial charge in [-0.15, -0.1) is 0 Å². The van der Waals surface area contributed by atoms with E-state index in [0.717, 1.165) is 11.1 Å². The number of amides is 5. The van der Waals surface area contributed by atoms with Gasteiger partial charge in [0, 0.05) is 50.9 Å². The van der Waals surface area contributed by atoms with Crippen molar-refractivity contribution in [2.24, 2.45) is 17.8 Å². The number of alkyl carbamates (subject to hydrolysis) is 3. The number of rotatable bonds is 27. The Balaban J connectivity index is 1.85. The van der Waals surface area contributed by atoms with Gasteiger partial charge in [-0.25, -0.2) is 14.4 Å². The van der Waals surface area contributed by atoms with Gasteiger partial charge in [0.25, 0.3) is 0 Å². The van der Waals surface area contributed by atoms with E-state index in [1.54, 1.807) is 67.2 Å². The molecule has 412 valence electrons. The van der Waals surface area contributed by atoms with E-state index in [4.69, 9.17) is 14.2 Å². The maximum Gasteiger partial charge on any atom is 0.408 e. The fourth-order valence-electron chi connectivity index (χ4n) is 8.59. The molecule has 0 aliphatic carbocycles. The Bertz CT molecular complexity index is 2140. The van der Waals surface area contributed by atoms with E-state index in [0.29, 0.717) is 19.3 Å². The minimum atomic E-state index is -1.32. The number of aliphatic carboxylic acids is 1. The summed E-state index contributed by atoms with van der Waals surface area (Å²) >= 11 is 0. The van der Waals surface area contributed by atoms with Crippen LogP contribution in [0.25, 0.3) is 0 Å². The molecule has 0 saturated carbocycles. The Morgan fingerprint density at radius 1 is 0.595 bits per heavy atom. The molecule has 18 nitrogen and oxygen atoms in total. The molecular weight excluding hydrogens is 949 g/mol. The Hall–Kier alpha value is -6.04. The molecular formula is C56H86N6O12. The minimum absolute atomic E-state index is 0.0633. The van der Waals surface area contributed by atoms with Gasteiger partial charge >= 0.3 is 24.2 Å². The number of hydrogen-bond donors (Lipinski definition) is 6. The van der Waals surface area contributed by atoms with E-state index in [-0.39, 0.29) is 102 Å². The summed E-state index contributed by atoms with van der Waals surface area (Å²) in [7, 11) is 0. The molecule has 0 spiro atoms. The molecule has 1 heterocycles. The van der Waals surface area contributed by atoms with E-state index in [1.165, 1.54) is 0 Å². The lowest BCUT2D eigenvalue weighted by Gasteiger charge is -2.40. The number of benzene rings is 2. The third kappa shape index (κ3) is 23.9. The Labute approximate surface area is 438 Å². The number of nitrogens with one attached hydrogen (secondary N) is 5. The van der Waals surface area contributed by atoms with Crippen LogP contribution in [0.2, 0.25) is 0 Å². The molecule has 5 amide bonds. The van der Waals surface area contributed by atoms with Crippen LogP contribution in [-0.2, 0) is 51.0 Å². The zero-order valence-corrected chi connectivity index (χ0v) is 45.9. The average molecular weight is 1040 g/mol. The van der Waals surface area contributed by atoms with Gasteiger partial charge in [0.05, 0.1) is 12.1 Å². The van der Waals surface area contributed by atoms with Crippen LogP contribution in [0.4, 0.5) is 14.4 Å². The zero-order chi connectivity index (χ0) is 55.3. The molecule has 6 N–H and O–H groups in total. The molecule has 1 aliphatic rings. The molecule has 74 heavy (non-hydrogen) atoms. The first-order valence-electron chi connectivity index (χ1n) is 26.2. The van der Waals surface area contributed by atoms with Crippen LogP contribution in [-0.4, -0.2) is 125 Å². The number of ketones is 2. The van der Waals surface area contributed by atoms with Crippen molar-refractivity contribution < 1.29 is 57.7 Å². The summed E-state index contributed by atoms with van der Waals surface area (Å²) in [5.41, 5.74) is -1.92. The SMILES string of the molecule is CC(C)C[C@@H](NC(=O)[C@H](CC(=O)[C@@H](Cc1ccccc1)NC(=O)OC(C)(C)C)Cc1ccccc1)C(=O)C[C@H](CCCCNC(=O)OC(C)(C)C)C(=O)N1CCC(NCCCNC(=O)OC(C)(C)C)(C(=O)O)CC1. The highest BCUT2D eigenvalue weighted by Crippen LogP contribution is 2.28. The molecule has 0 radical (unpaired) electrons. The predicted molar refractivity (Wildman–Crippen MR) is 282 cm³/mol. The van der Waals surface area contributed by atoms with Crippen molar-refractivity contribution in [3.63, 3.8) is 0 Å². The smallest absolute Gasteiger partial charge is 0.408 e. The van der Waals surface area contributed by atoms with Crippen LogP contribution in [0, 0.1) is 17.8 Å². The Morgan fingerprint density at radius 3 is 1.57 bits per heavy atom. The number of likely N-dealkylation sites (tertiary alicyclic amines) is 1. The second-order valence-electron chi connectivity index (χ2n) is 22.8. The number of carboxylic acid groups (broad SMARTS) is 1. The molecule has 4 atom stereocenters. The maximum absolute atomic E-state index is 14.6. The van der Waals surface area contributed by atoms with Crippen LogP contribution in [0.15, 0.2) is 60.7 Å². The van der Waals surface area contributed by atoms with Crippen molar-refractivity contribution in [3.8, 4) is 0 Å². The number of unbranched alkanes of at least 4 members (excludes halogenated alkanes) is 1. The summed E-state index contributed by atoms with van der Waals surface area (Å²) in [5, 5.41) is 24.7. The van der Waals surface area contributed by atoms with Gasteiger partial charge in [0.15, 0.2) is 11.6 Å². The van der Waals surface area contributed by atoms with Crippen LogP contribution >= 0.6 is 0 Å². The summed E-state index contributed by atoms with van der Waals surface area (Å²) in [6, 6.07) is 16.4. The summed E-state index contributed by atoms with van der Waals surface area (Å²) in [6.07, 6.45) is -0.0159. The molecule has 0 unspecified atom stereocenters. The van der Waals surface area contributed by atoms with Gasteiger partial charge in [-0.3, -0.25) is 24.0 Å². The molecule has 1 saturated heterocycles. The standard InChI is InChI=1S/C56H86N6O12/c1-38(2)33-43(60-47(65)42(34-39-21-14-12-15-22-39)37-46(64)44(35-40-23-16-13-17-24-40)61-52(71)74-55(9,10)11)45(63)36-41(25-18-19-28-57-50(69)72-53(3,4)5)48(66)62-31-26-56(27-32-62,49(67)68)59-30-20-29-58-51(70)73-54(6,7)8/h12-17,21-24,38,41-44,59H,18-20,25-37H2,1-11H3,(H,57,69)(H,58,70)(H,60,65)(H,61,71)(H,67,68)/t41-,42-,43+,44+/m0/s1. The third-order valence-corrected chi connectivity index (χ3v) is 12.2. The van der Waals surface area contributed by atoms with Crippen molar-refractivity contribution in [1.29, 1.82) is 0 Å². The van der Waals surface area contributed by atoms with Gasteiger partial charge in [-0.2, -0.15) is 0 Å². The number of carbonyl (C=O) groups is 8. The highest BCUT2D eigenvalue weighted by Gasteiger charge is 2.43. The number of hydrogen-bond acceptors (Lipinski definition) is 12. The Morgan fingerprint density at radius 2 is 1.07 bits per heavy atom. The van der Waals surface area contributed by atoms with Gasteiger partial charge in [-0.05, 0) is 137 Å². The average Bonchev–Trinajstić information content (AvgIpc) is 3.28. The summed E-state index contributed by atoms with van der Waals surface area (Å²) < 4.78 is 16.2. The molecule has 2 aromatic carbocycles. The number of nitrogens with zero attached hydrogens (tertiary/aromatic N) is 1. The molecule has 18 heteroatoms. The minimum Gasteiger partial charge on any atom is -0.480 e. The first-order valence-corrected chi connectivity index (χ1v) is 26.2. The summed E-state index contributed by atoms with van der Waals surface area (Å²) in [6.45, 7) is 20.6. The predicted octanol–water partition coefficient (Wildman–Crippen LogP) is 7.69. The molecule has 3 rings (SSSR count). The fraction of sp³-hybridized carbons (Fsp3) is 0.643. The number of carbonyl (C=O) groups excluding carboxylic acids is 7. The van der Waals surface area contributed by atoms with Gasteiger partial charge in [0.1, 0.15) is 22.3 Å². The maximum atomic E-state index is 14.6. The van der Waals surface area contributed by atoms with Gasteiger partial charge in [-0.1, -0.05) is 80.9 Å². The van der Waals surface area contributed by atoms with E-state index >= 15 is 0 Å². The lowest BCUT2D eigenvalue weighted by Crippen LogP contribution is -2.60. The molecule has 2 aromatic rings. The van der Waals surface area contributed by atoms with Gasteiger partial charge < -0.3 is 50.8 Å². The number of carboxylic acids is 1. The van der Waals surface area contributed by atoms with E-state index in [2.05, 4.69) is 26.6 Å². The normalized spacial score (nSPS) is 15.4. The van der Waals surface area contributed by atoms with Crippen LogP contribution in [0.5, 0.6) is 0 Å². The number of Topliss-reactive ketones (excluding diaryl/α,β-unsaturated/α-hetero) is 2. The van der Waals surface area contributed by atoms with Crippen molar-refractivity contribution >= 4 is 47.6 Å². The van der Waals surface area contributed by atoms with Crippen molar-refractivity contribution in [1.82, 2.24) is 31.5 Å². The molecule has 1 aliphatic heterocycles. The number of piperidine rings is 1. The van der Waals surface area contributed by atoms with Crippen molar-refractivity contribution in [3.05, 3.63) is 71.8 Å². The molecule has 0 bridgehead atoms. The summed E-state index contributed by atoms with van der Waals surface area (Å²) in [4.78, 5) is 110. The topological polar surface area (TPSA) is 248 Å². The van der Waals surface area contributed by atoms with E-state index < -0.39 is 82.2 Å². The third-order valence-electron chi connectivity index (χ3n) is 12.2. The molecule has 0 aromatic heterocycles. The largest absolute Gasteiger partial charge is 0.480 e. The van der Waals surface area contributed by atoms with Crippen molar-refractivity contribution in [2.45, 2.75) is 181 Å². The lowest BCUT2D eigenvalue weighted by atomic mass is 9.85. The Kier molecular flexibility index (Phi) is 24.5. The van der Waals surface area contributed by atoms with Crippen LogP contribution < -0.4 is 26.6 Å². The second kappa shape index (κ2) is 29.2. The highest BCUT2D eigenvalue weighted by molar-refractivity contribution is 5.95. The first kappa shape index (κ1) is 62.3. The lowest BCUT2D eigenvalue weighted by molar-refractivity contribution is -0.150. The first-order chi connectivity index (χ1) is 34.5. The quantitative estimate of drug-likeness (QED) is 0.0372. The van der Waals surface area contributed by atoms with Crippen molar-refractivity contribution in [2.75, 3.05) is 32.7 Å². The highest BCUT2D eigenvalue weighted by atomic mass is 16.6. The van der Waals surface area contributed by atoms with Gasteiger partial charge in [0.2, 0.25) is 11.8 Å². The molecule has 1 fully saturated rings. The second-order valence-corrected chi connectivity index (χ2v) is 22.8. The summed E-state index contributed by atoms with van der Waals surface area (Å²) in [5.74, 6) is -4.50. The fourth-order valence-corrected chi connectivity index (χ4v) is 8.59. The van der Waals surface area contributed by atoms with E-state index in [1.807, 2.05) is 74.5 Å². The number of ether oxygens (including phenoxy) is 3. The van der Waals surface area contributed by atoms with Crippen LogP contribution in [0.1, 0.15) is 145 Å². The zero-order valence-electron chi connectivity index (χ0n) is 45.9. The van der Waals surface area contributed by atoms with Crippen LogP contribution in [0.3, 0.4) is 0 Å². The monoisotopic (exact) mass is 1030 g/mol. The van der Waals surface area contributed by atoms with E-state index in [9.17, 15) is 43.5 Å².